The number of rotatable bonds is 2. The molecule has 2 aliphatic rings. The Hall–Kier alpha value is -1.23. The number of hydrogen-bond acceptors (Lipinski definition) is 2. The Bertz CT molecular complexity index is 494. The van der Waals surface area contributed by atoms with Gasteiger partial charge in [-0.05, 0) is 6.42 Å². The largest absolute Gasteiger partial charge is 0.381 e. The summed E-state index contributed by atoms with van der Waals surface area (Å²) in [5.74, 6) is -3.41. The van der Waals surface area contributed by atoms with Gasteiger partial charge in [0.25, 0.3) is 0 Å². The molecule has 3 rings (SSSR count). The SMILES string of the molecule is CC1(C)C(Nc2cc(F)c(F)c(F)c2)C2CCOC21. The molecule has 1 aliphatic heterocycles. The maximum atomic E-state index is 13.2. The normalized spacial score (nSPS) is 31.7. The molecule has 1 aromatic rings. The molecule has 0 aromatic heterocycles. The fraction of sp³-hybridized carbons (Fsp3) is 0.571. The van der Waals surface area contributed by atoms with Gasteiger partial charge in [0.05, 0.1) is 6.10 Å². The van der Waals surface area contributed by atoms with Gasteiger partial charge in [-0.25, -0.2) is 13.2 Å². The molecule has 1 N–H and O–H groups in total. The summed E-state index contributed by atoms with van der Waals surface area (Å²) in [5.41, 5.74) is 0.183. The Morgan fingerprint density at radius 1 is 1.21 bits per heavy atom. The van der Waals surface area contributed by atoms with Crippen molar-refractivity contribution in [1.29, 1.82) is 0 Å². The molecule has 5 heteroatoms. The lowest BCUT2D eigenvalue weighted by molar-refractivity contribution is -0.0923. The Kier molecular flexibility index (Phi) is 2.78. The van der Waals surface area contributed by atoms with Gasteiger partial charge in [-0.1, -0.05) is 13.8 Å². The predicted molar refractivity (Wildman–Crippen MR) is 65.4 cm³/mol. The lowest BCUT2D eigenvalue weighted by Gasteiger charge is -2.55. The maximum Gasteiger partial charge on any atom is 0.194 e. The van der Waals surface area contributed by atoms with E-state index in [9.17, 15) is 13.2 Å². The van der Waals surface area contributed by atoms with E-state index in [1.807, 2.05) is 0 Å². The molecule has 0 bridgehead atoms. The zero-order chi connectivity index (χ0) is 13.8. The van der Waals surface area contributed by atoms with Crippen molar-refractivity contribution >= 4 is 5.69 Å². The van der Waals surface area contributed by atoms with E-state index in [1.165, 1.54) is 0 Å². The summed E-state index contributed by atoms with van der Waals surface area (Å²) in [4.78, 5) is 0. The highest BCUT2D eigenvalue weighted by molar-refractivity contribution is 5.47. The lowest BCUT2D eigenvalue weighted by Crippen LogP contribution is -2.63. The molecular formula is C14H16F3NO. The Labute approximate surface area is 109 Å². The highest BCUT2D eigenvalue weighted by Gasteiger charge is 2.59. The molecule has 1 aromatic carbocycles. The summed E-state index contributed by atoms with van der Waals surface area (Å²) in [5, 5.41) is 3.12. The Morgan fingerprint density at radius 2 is 1.84 bits per heavy atom. The number of fused-ring (bicyclic) bond motifs is 1. The highest BCUT2D eigenvalue weighted by Crippen LogP contribution is 2.53. The number of benzene rings is 1. The standard InChI is InChI=1S/C14H16F3NO/c1-14(2)12(8-3-4-19-13(8)14)18-7-5-9(15)11(17)10(16)6-7/h5-6,8,12-13,18H,3-4H2,1-2H3. The van der Waals surface area contributed by atoms with E-state index in [2.05, 4.69) is 19.2 Å². The fourth-order valence-corrected chi connectivity index (χ4v) is 3.44. The fourth-order valence-electron chi connectivity index (χ4n) is 3.44. The van der Waals surface area contributed by atoms with Crippen LogP contribution >= 0.6 is 0 Å². The van der Waals surface area contributed by atoms with Crippen molar-refractivity contribution < 1.29 is 17.9 Å². The van der Waals surface area contributed by atoms with Gasteiger partial charge in [0.1, 0.15) is 0 Å². The molecule has 0 radical (unpaired) electrons. The summed E-state index contributed by atoms with van der Waals surface area (Å²) in [6, 6.07) is 2.08. The van der Waals surface area contributed by atoms with Crippen LogP contribution in [0.2, 0.25) is 0 Å². The Morgan fingerprint density at radius 3 is 2.47 bits per heavy atom. The third-order valence-corrected chi connectivity index (χ3v) is 4.41. The smallest absolute Gasteiger partial charge is 0.194 e. The van der Waals surface area contributed by atoms with Crippen LogP contribution in [0.4, 0.5) is 18.9 Å². The molecular weight excluding hydrogens is 255 g/mol. The average Bonchev–Trinajstić information content (AvgIpc) is 2.79. The molecule has 2 nitrogen and oxygen atoms in total. The first-order valence-electron chi connectivity index (χ1n) is 6.44. The number of nitrogens with one attached hydrogen (secondary N) is 1. The van der Waals surface area contributed by atoms with Crippen LogP contribution < -0.4 is 5.32 Å². The van der Waals surface area contributed by atoms with Gasteiger partial charge < -0.3 is 10.1 Å². The first-order chi connectivity index (χ1) is 8.91. The minimum Gasteiger partial charge on any atom is -0.381 e. The third kappa shape index (κ3) is 1.83. The minimum absolute atomic E-state index is 0.0873. The second-order valence-electron chi connectivity index (χ2n) is 5.94. The van der Waals surface area contributed by atoms with Crippen LogP contribution in [0.3, 0.4) is 0 Å². The first kappa shape index (κ1) is 12.8. The van der Waals surface area contributed by atoms with Crippen molar-refractivity contribution in [2.45, 2.75) is 32.4 Å². The van der Waals surface area contributed by atoms with E-state index in [0.29, 0.717) is 5.92 Å². The van der Waals surface area contributed by atoms with Crippen molar-refractivity contribution in [2.75, 3.05) is 11.9 Å². The topological polar surface area (TPSA) is 21.3 Å². The summed E-state index contributed by atoms with van der Waals surface area (Å²) in [6.45, 7) is 4.85. The monoisotopic (exact) mass is 271 g/mol. The van der Waals surface area contributed by atoms with Gasteiger partial charge in [0.2, 0.25) is 0 Å². The van der Waals surface area contributed by atoms with Crippen molar-refractivity contribution in [3.8, 4) is 0 Å². The number of halogens is 3. The quantitative estimate of drug-likeness (QED) is 0.833. The number of hydrogen-bond donors (Lipinski definition) is 1. The zero-order valence-corrected chi connectivity index (χ0v) is 10.8. The van der Waals surface area contributed by atoms with Crippen molar-refractivity contribution in [1.82, 2.24) is 0 Å². The summed E-state index contributed by atoms with van der Waals surface area (Å²) in [7, 11) is 0. The van der Waals surface area contributed by atoms with Crippen LogP contribution in [0.15, 0.2) is 12.1 Å². The first-order valence-corrected chi connectivity index (χ1v) is 6.44. The van der Waals surface area contributed by atoms with Crippen LogP contribution in [0.5, 0.6) is 0 Å². The van der Waals surface area contributed by atoms with Gasteiger partial charge in [-0.15, -0.1) is 0 Å². The van der Waals surface area contributed by atoms with Gasteiger partial charge in [-0.3, -0.25) is 0 Å². The molecule has 1 aliphatic carbocycles. The van der Waals surface area contributed by atoms with Crippen molar-refractivity contribution in [3.63, 3.8) is 0 Å². The lowest BCUT2D eigenvalue weighted by atomic mass is 9.57. The second-order valence-corrected chi connectivity index (χ2v) is 5.94. The van der Waals surface area contributed by atoms with E-state index < -0.39 is 17.5 Å². The molecule has 1 saturated carbocycles. The molecule has 3 atom stereocenters. The summed E-state index contributed by atoms with van der Waals surface area (Å²) < 4.78 is 45.0. The van der Waals surface area contributed by atoms with Crippen LogP contribution in [-0.4, -0.2) is 18.8 Å². The maximum absolute atomic E-state index is 13.2. The van der Waals surface area contributed by atoms with Crippen LogP contribution in [-0.2, 0) is 4.74 Å². The van der Waals surface area contributed by atoms with Gasteiger partial charge in [0.15, 0.2) is 17.5 Å². The molecule has 104 valence electrons. The third-order valence-electron chi connectivity index (χ3n) is 4.41. The van der Waals surface area contributed by atoms with Crippen molar-refractivity contribution in [2.24, 2.45) is 11.3 Å². The van der Waals surface area contributed by atoms with Crippen LogP contribution in [0, 0.1) is 28.8 Å². The van der Waals surface area contributed by atoms with Crippen LogP contribution in [0.25, 0.3) is 0 Å². The molecule has 2 fully saturated rings. The average molecular weight is 271 g/mol. The molecule has 19 heavy (non-hydrogen) atoms. The van der Waals surface area contributed by atoms with Crippen LogP contribution in [0.1, 0.15) is 20.3 Å². The van der Waals surface area contributed by atoms with E-state index in [1.54, 1.807) is 0 Å². The number of ether oxygens (including phenoxy) is 1. The molecule has 0 spiro atoms. The van der Waals surface area contributed by atoms with E-state index in [-0.39, 0.29) is 23.2 Å². The second kappa shape index (κ2) is 4.13. The van der Waals surface area contributed by atoms with Gasteiger partial charge in [0, 0.05) is 41.8 Å². The minimum atomic E-state index is -1.43. The van der Waals surface area contributed by atoms with Gasteiger partial charge >= 0.3 is 0 Å². The van der Waals surface area contributed by atoms with Gasteiger partial charge in [-0.2, -0.15) is 0 Å². The molecule has 1 heterocycles. The molecule has 3 unspecified atom stereocenters. The Balaban J connectivity index is 1.82. The predicted octanol–water partition coefficient (Wildman–Crippen LogP) is 3.33. The highest BCUT2D eigenvalue weighted by atomic mass is 19.2. The zero-order valence-electron chi connectivity index (χ0n) is 10.8. The van der Waals surface area contributed by atoms with Crippen molar-refractivity contribution in [3.05, 3.63) is 29.6 Å². The molecule has 1 saturated heterocycles. The summed E-state index contributed by atoms with van der Waals surface area (Å²) >= 11 is 0. The summed E-state index contributed by atoms with van der Waals surface area (Å²) in [6.07, 6.45) is 1.14. The molecule has 0 amide bonds. The van der Waals surface area contributed by atoms with E-state index >= 15 is 0 Å². The van der Waals surface area contributed by atoms with E-state index in [0.717, 1.165) is 25.2 Å². The number of anilines is 1. The van der Waals surface area contributed by atoms with E-state index in [4.69, 9.17) is 4.74 Å².